The van der Waals surface area contributed by atoms with Gasteiger partial charge in [0.15, 0.2) is 5.84 Å². The Labute approximate surface area is 335 Å². The molecule has 6 aromatic carbocycles. The summed E-state index contributed by atoms with van der Waals surface area (Å²) in [5.74, 6) is 0.772. The third kappa shape index (κ3) is 6.98. The minimum Gasteiger partial charge on any atom is -0.309 e. The molecule has 7 aromatic rings. The number of benzene rings is 6. The van der Waals surface area contributed by atoms with Crippen molar-refractivity contribution in [3.05, 3.63) is 222 Å². The molecule has 276 valence electrons. The molecule has 1 heterocycles. The van der Waals surface area contributed by atoms with Crippen LogP contribution in [-0.2, 0) is 13.0 Å². The van der Waals surface area contributed by atoms with Gasteiger partial charge in [-0.3, -0.25) is 4.99 Å². The molecule has 3 nitrogen and oxygen atoms in total. The summed E-state index contributed by atoms with van der Waals surface area (Å²) in [5, 5.41) is 2.52. The second-order valence-corrected chi connectivity index (χ2v) is 14.9. The van der Waals surface area contributed by atoms with Crippen LogP contribution in [0.2, 0.25) is 0 Å². The molecule has 0 saturated carbocycles. The molecule has 0 unspecified atom stereocenters. The SMILES string of the molecule is C=C/C=C(\C=C/C)c1ccc2c3ccccc3n(-c3ccc4c(c3)Cc3cccc(C5=CC=C(/C(C)=N/C(=N\Cc6ccccc6)c6ccccc6)CC5)c3-4)c2c1. The number of aliphatic imine (C=N–C) groups is 2. The molecule has 0 spiro atoms. The molecular formula is C54H45N3. The van der Waals surface area contributed by atoms with Gasteiger partial charge in [0.25, 0.3) is 0 Å². The minimum atomic E-state index is 0.595. The molecule has 0 aliphatic heterocycles. The van der Waals surface area contributed by atoms with E-state index in [9.17, 15) is 0 Å². The average molecular weight is 736 g/mol. The molecule has 1 aromatic heterocycles. The van der Waals surface area contributed by atoms with Crippen LogP contribution >= 0.6 is 0 Å². The minimum absolute atomic E-state index is 0.595. The van der Waals surface area contributed by atoms with Crippen molar-refractivity contribution in [2.75, 3.05) is 0 Å². The number of aromatic nitrogens is 1. The van der Waals surface area contributed by atoms with E-state index in [0.29, 0.717) is 6.54 Å². The maximum Gasteiger partial charge on any atom is 0.155 e. The summed E-state index contributed by atoms with van der Waals surface area (Å²) in [6, 6.07) is 50.2. The van der Waals surface area contributed by atoms with E-state index in [0.717, 1.165) is 41.9 Å². The number of fused-ring (bicyclic) bond motifs is 6. The smallest absolute Gasteiger partial charge is 0.155 e. The van der Waals surface area contributed by atoms with Gasteiger partial charge in [-0.25, -0.2) is 4.99 Å². The molecule has 0 amide bonds. The molecule has 0 saturated heterocycles. The highest BCUT2D eigenvalue weighted by molar-refractivity contribution is 6.12. The predicted molar refractivity (Wildman–Crippen MR) is 244 cm³/mol. The van der Waals surface area contributed by atoms with Crippen LogP contribution < -0.4 is 0 Å². The Balaban J connectivity index is 1.05. The molecule has 0 atom stereocenters. The Morgan fingerprint density at radius 1 is 0.702 bits per heavy atom. The summed E-state index contributed by atoms with van der Waals surface area (Å²) < 4.78 is 2.44. The molecule has 0 radical (unpaired) electrons. The summed E-state index contributed by atoms with van der Waals surface area (Å²) in [6.07, 6.45) is 15.6. The lowest BCUT2D eigenvalue weighted by Crippen LogP contribution is -2.07. The van der Waals surface area contributed by atoms with E-state index in [1.807, 2.05) is 18.2 Å². The van der Waals surface area contributed by atoms with Gasteiger partial charge >= 0.3 is 0 Å². The monoisotopic (exact) mass is 735 g/mol. The van der Waals surface area contributed by atoms with Crippen molar-refractivity contribution in [2.24, 2.45) is 9.98 Å². The highest BCUT2D eigenvalue weighted by Crippen LogP contribution is 2.44. The molecule has 3 heteroatoms. The van der Waals surface area contributed by atoms with Gasteiger partial charge in [0.2, 0.25) is 0 Å². The van der Waals surface area contributed by atoms with Crippen molar-refractivity contribution in [3.63, 3.8) is 0 Å². The first-order chi connectivity index (χ1) is 28.1. The van der Waals surface area contributed by atoms with E-state index in [4.69, 9.17) is 9.98 Å². The average Bonchev–Trinajstić information content (AvgIpc) is 3.80. The lowest BCUT2D eigenvalue weighted by molar-refractivity contribution is 1.02. The van der Waals surface area contributed by atoms with Crippen molar-refractivity contribution in [1.82, 2.24) is 4.57 Å². The summed E-state index contributed by atoms with van der Waals surface area (Å²) in [6.45, 7) is 8.74. The topological polar surface area (TPSA) is 29.6 Å². The van der Waals surface area contributed by atoms with E-state index in [-0.39, 0.29) is 0 Å². The normalized spacial score (nSPS) is 14.5. The number of nitrogens with zero attached hydrogens (tertiary/aromatic N) is 3. The second-order valence-electron chi connectivity index (χ2n) is 14.9. The van der Waals surface area contributed by atoms with E-state index in [2.05, 4.69) is 183 Å². The van der Waals surface area contributed by atoms with Gasteiger partial charge in [-0.1, -0.05) is 158 Å². The Morgan fingerprint density at radius 3 is 2.28 bits per heavy atom. The van der Waals surface area contributed by atoms with E-state index in [1.54, 1.807) is 0 Å². The Hall–Kier alpha value is -6.84. The largest absolute Gasteiger partial charge is 0.309 e. The molecule has 2 aliphatic rings. The van der Waals surface area contributed by atoms with Gasteiger partial charge in [0.05, 0.1) is 17.6 Å². The number of allylic oxidation sites excluding steroid dienone is 9. The number of amidine groups is 1. The first-order valence-corrected chi connectivity index (χ1v) is 19.9. The Kier molecular flexibility index (Phi) is 9.88. The zero-order chi connectivity index (χ0) is 38.7. The molecule has 9 rings (SSSR count). The van der Waals surface area contributed by atoms with Gasteiger partial charge in [-0.2, -0.15) is 0 Å². The standard InChI is InChI=1S/C54H45N3/c1-4-15-40(16-5-2)43-29-31-50-49-22-12-13-24-51(49)57(52(50)35-43)46-30-32-48-45(34-46)33-44-21-14-23-47(53(44)48)41-27-25-39(26-28-41)37(3)56-54(42-19-10-7-11-20-42)55-36-38-17-8-6-9-18-38/h4-25,27,29-32,34-35H,1,26,28,33,36H2,2-3H3/b16-5-,40-15+,55-54-,56-37+. The molecule has 0 N–H and O–H groups in total. The molecule has 0 fully saturated rings. The Morgan fingerprint density at radius 2 is 1.49 bits per heavy atom. The van der Waals surface area contributed by atoms with Crippen molar-refractivity contribution < 1.29 is 0 Å². The summed E-state index contributed by atoms with van der Waals surface area (Å²) in [7, 11) is 0. The van der Waals surface area contributed by atoms with Crippen molar-refractivity contribution in [1.29, 1.82) is 0 Å². The van der Waals surface area contributed by atoms with E-state index >= 15 is 0 Å². The maximum atomic E-state index is 5.13. The van der Waals surface area contributed by atoms with Gasteiger partial charge < -0.3 is 4.57 Å². The Bertz CT molecular complexity index is 2860. The van der Waals surface area contributed by atoms with Crippen LogP contribution in [0, 0.1) is 0 Å². The maximum absolute atomic E-state index is 5.13. The van der Waals surface area contributed by atoms with Gasteiger partial charge in [-0.05, 0) is 113 Å². The van der Waals surface area contributed by atoms with Crippen LogP contribution in [0.15, 0.2) is 198 Å². The zero-order valence-electron chi connectivity index (χ0n) is 32.6. The number of para-hydroxylation sites is 1. The fourth-order valence-electron chi connectivity index (χ4n) is 8.55. The predicted octanol–water partition coefficient (Wildman–Crippen LogP) is 13.7. The van der Waals surface area contributed by atoms with Crippen molar-refractivity contribution >= 4 is 44.5 Å². The second kappa shape index (κ2) is 15.7. The summed E-state index contributed by atoms with van der Waals surface area (Å²) in [4.78, 5) is 10.1. The third-order valence-electron chi connectivity index (χ3n) is 11.3. The van der Waals surface area contributed by atoms with Crippen molar-refractivity contribution in [3.8, 4) is 16.8 Å². The fraction of sp³-hybridized carbons (Fsp3) is 0.111. The first-order valence-electron chi connectivity index (χ1n) is 19.9. The lowest BCUT2D eigenvalue weighted by Gasteiger charge is -2.18. The van der Waals surface area contributed by atoms with Crippen LogP contribution in [-0.4, -0.2) is 16.1 Å². The van der Waals surface area contributed by atoms with Gasteiger partial charge in [-0.15, -0.1) is 0 Å². The highest BCUT2D eigenvalue weighted by Gasteiger charge is 2.25. The number of hydrogen-bond donors (Lipinski definition) is 0. The highest BCUT2D eigenvalue weighted by atomic mass is 15.0. The van der Waals surface area contributed by atoms with Crippen LogP contribution in [0.3, 0.4) is 0 Å². The third-order valence-corrected chi connectivity index (χ3v) is 11.3. The van der Waals surface area contributed by atoms with E-state index in [1.165, 1.54) is 77.6 Å². The van der Waals surface area contributed by atoms with Crippen LogP contribution in [0.1, 0.15) is 60.1 Å². The van der Waals surface area contributed by atoms with Gasteiger partial charge in [0, 0.05) is 27.7 Å². The number of rotatable bonds is 9. The van der Waals surface area contributed by atoms with Crippen LogP contribution in [0.5, 0.6) is 0 Å². The van der Waals surface area contributed by atoms with Gasteiger partial charge in [0.1, 0.15) is 0 Å². The zero-order valence-corrected chi connectivity index (χ0v) is 32.6. The first kappa shape index (κ1) is 35.8. The molecule has 0 bridgehead atoms. The number of hydrogen-bond acceptors (Lipinski definition) is 1. The molecular weight excluding hydrogens is 691 g/mol. The van der Waals surface area contributed by atoms with Crippen LogP contribution in [0.25, 0.3) is 49.8 Å². The quantitative estimate of drug-likeness (QED) is 0.0803. The summed E-state index contributed by atoms with van der Waals surface area (Å²) >= 11 is 0. The summed E-state index contributed by atoms with van der Waals surface area (Å²) in [5.41, 5.74) is 18.6. The van der Waals surface area contributed by atoms with Crippen molar-refractivity contribution in [2.45, 2.75) is 39.7 Å². The van der Waals surface area contributed by atoms with Crippen LogP contribution in [0.4, 0.5) is 0 Å². The van der Waals surface area contributed by atoms with E-state index < -0.39 is 0 Å². The lowest BCUT2D eigenvalue weighted by atomic mass is 9.87. The molecule has 57 heavy (non-hydrogen) atoms. The molecule has 2 aliphatic carbocycles. The fourth-order valence-corrected chi connectivity index (χ4v) is 8.55.